The Kier molecular flexibility index (Phi) is 4.83. The molecule has 1 aliphatic rings. The summed E-state index contributed by atoms with van der Waals surface area (Å²) in [5, 5.41) is 0.840. The van der Waals surface area contributed by atoms with Gasteiger partial charge in [0.2, 0.25) is 0 Å². The second-order valence-electron chi connectivity index (χ2n) is 4.73. The first-order valence-electron chi connectivity index (χ1n) is 6.55. The van der Waals surface area contributed by atoms with E-state index in [1.807, 2.05) is 31.2 Å². The zero-order chi connectivity index (χ0) is 12.8. The van der Waals surface area contributed by atoms with Gasteiger partial charge in [-0.05, 0) is 55.4 Å². The summed E-state index contributed by atoms with van der Waals surface area (Å²) in [6.45, 7) is 1.99. The fourth-order valence-corrected chi connectivity index (χ4v) is 2.36. The Bertz CT molecular complexity index is 456. The third-order valence-corrected chi connectivity index (χ3v) is 3.76. The molecule has 0 fully saturated rings. The molecule has 0 unspecified atom stereocenters. The van der Waals surface area contributed by atoms with Gasteiger partial charge in [0.1, 0.15) is 0 Å². The first-order chi connectivity index (χ1) is 8.77. The van der Waals surface area contributed by atoms with Crippen LogP contribution in [0.4, 0.5) is 0 Å². The van der Waals surface area contributed by atoms with Gasteiger partial charge >= 0.3 is 0 Å². The second kappa shape index (κ2) is 6.61. The first kappa shape index (κ1) is 13.2. The minimum Gasteiger partial charge on any atom is -0.0841 e. The van der Waals surface area contributed by atoms with Crippen molar-refractivity contribution in [1.29, 1.82) is 0 Å². The van der Waals surface area contributed by atoms with Gasteiger partial charge in [-0.25, -0.2) is 0 Å². The smallest absolute Gasteiger partial charge is 0.0435 e. The van der Waals surface area contributed by atoms with E-state index in [-0.39, 0.29) is 0 Å². The maximum atomic E-state index is 5.71. The highest BCUT2D eigenvalue weighted by Crippen LogP contribution is 2.19. The Labute approximate surface area is 115 Å². The van der Waals surface area contributed by atoms with Crippen molar-refractivity contribution in [3.63, 3.8) is 0 Å². The van der Waals surface area contributed by atoms with Crippen LogP contribution >= 0.6 is 11.6 Å². The van der Waals surface area contributed by atoms with Crippen LogP contribution in [0.1, 0.15) is 29.5 Å². The number of rotatable bonds is 0. The van der Waals surface area contributed by atoms with Gasteiger partial charge in [0.25, 0.3) is 0 Å². The SMILES string of the molecule is Cc1ccccc1Cl.c1ccc2c(c1)CCCC2. The van der Waals surface area contributed by atoms with E-state index in [9.17, 15) is 0 Å². The lowest BCUT2D eigenvalue weighted by molar-refractivity contribution is 0.685. The molecule has 0 aromatic heterocycles. The summed E-state index contributed by atoms with van der Waals surface area (Å²) < 4.78 is 0. The molecule has 94 valence electrons. The Morgan fingerprint density at radius 1 is 0.778 bits per heavy atom. The zero-order valence-corrected chi connectivity index (χ0v) is 11.6. The Balaban J connectivity index is 0.000000138. The van der Waals surface area contributed by atoms with E-state index >= 15 is 0 Å². The number of aryl methyl sites for hydroxylation is 3. The minimum atomic E-state index is 0.840. The molecule has 1 aliphatic carbocycles. The first-order valence-corrected chi connectivity index (χ1v) is 6.93. The lowest BCUT2D eigenvalue weighted by Crippen LogP contribution is -2.00. The van der Waals surface area contributed by atoms with Crippen LogP contribution in [-0.2, 0) is 12.8 Å². The minimum absolute atomic E-state index is 0.840. The summed E-state index contributed by atoms with van der Waals surface area (Å²) in [5.74, 6) is 0. The number of benzene rings is 2. The van der Waals surface area contributed by atoms with Crippen LogP contribution in [0.3, 0.4) is 0 Å². The Morgan fingerprint density at radius 3 is 1.72 bits per heavy atom. The Morgan fingerprint density at radius 2 is 1.28 bits per heavy atom. The van der Waals surface area contributed by atoms with Crippen molar-refractivity contribution >= 4 is 11.6 Å². The molecule has 0 bridgehead atoms. The number of hydrogen-bond acceptors (Lipinski definition) is 0. The van der Waals surface area contributed by atoms with Gasteiger partial charge in [0.05, 0.1) is 0 Å². The molecule has 0 heterocycles. The van der Waals surface area contributed by atoms with Crippen molar-refractivity contribution in [2.75, 3.05) is 0 Å². The molecule has 0 radical (unpaired) electrons. The highest BCUT2D eigenvalue weighted by Gasteiger charge is 2.05. The van der Waals surface area contributed by atoms with Crippen molar-refractivity contribution in [3.05, 3.63) is 70.2 Å². The summed E-state index contributed by atoms with van der Waals surface area (Å²) in [7, 11) is 0. The van der Waals surface area contributed by atoms with Gasteiger partial charge in [-0.1, -0.05) is 54.1 Å². The van der Waals surface area contributed by atoms with Crippen LogP contribution < -0.4 is 0 Å². The fourth-order valence-electron chi connectivity index (χ4n) is 2.23. The number of fused-ring (bicyclic) bond motifs is 1. The van der Waals surface area contributed by atoms with Gasteiger partial charge in [-0.3, -0.25) is 0 Å². The van der Waals surface area contributed by atoms with Crippen LogP contribution in [0.15, 0.2) is 48.5 Å². The predicted molar refractivity (Wildman–Crippen MR) is 79.3 cm³/mol. The molecule has 3 rings (SSSR count). The molecule has 0 saturated heterocycles. The maximum Gasteiger partial charge on any atom is 0.0435 e. The van der Waals surface area contributed by atoms with Crippen molar-refractivity contribution < 1.29 is 0 Å². The molecule has 0 N–H and O–H groups in total. The van der Waals surface area contributed by atoms with E-state index in [4.69, 9.17) is 11.6 Å². The predicted octanol–water partition coefficient (Wildman–Crippen LogP) is 5.21. The van der Waals surface area contributed by atoms with Crippen molar-refractivity contribution in [2.24, 2.45) is 0 Å². The molecular weight excluding hydrogens is 240 g/mol. The number of halogens is 1. The van der Waals surface area contributed by atoms with Crippen LogP contribution in [0, 0.1) is 6.92 Å². The molecule has 0 spiro atoms. The quantitative estimate of drug-likeness (QED) is 0.608. The van der Waals surface area contributed by atoms with Gasteiger partial charge < -0.3 is 0 Å². The molecule has 2 aromatic rings. The van der Waals surface area contributed by atoms with E-state index in [1.54, 1.807) is 11.1 Å². The third kappa shape index (κ3) is 3.61. The molecule has 2 aromatic carbocycles. The van der Waals surface area contributed by atoms with Crippen molar-refractivity contribution in [3.8, 4) is 0 Å². The largest absolute Gasteiger partial charge is 0.0841 e. The average Bonchev–Trinajstić information content (AvgIpc) is 2.43. The molecule has 0 saturated carbocycles. The van der Waals surface area contributed by atoms with Crippen LogP contribution in [0.25, 0.3) is 0 Å². The summed E-state index contributed by atoms with van der Waals surface area (Å²) in [5.41, 5.74) is 4.29. The van der Waals surface area contributed by atoms with E-state index in [0.717, 1.165) is 10.6 Å². The van der Waals surface area contributed by atoms with Gasteiger partial charge in [0.15, 0.2) is 0 Å². The van der Waals surface area contributed by atoms with Crippen LogP contribution in [0.2, 0.25) is 5.02 Å². The Hall–Kier alpha value is -1.27. The average molecular weight is 259 g/mol. The van der Waals surface area contributed by atoms with Gasteiger partial charge in [0, 0.05) is 5.02 Å². The maximum absolute atomic E-state index is 5.71. The molecule has 18 heavy (non-hydrogen) atoms. The van der Waals surface area contributed by atoms with E-state index < -0.39 is 0 Å². The standard InChI is InChI=1S/C10H12.C7H7Cl/c1-2-6-10-8-4-3-7-9(10)5-1;1-6-4-2-3-5-7(6)8/h1-2,5-6H,3-4,7-8H2;2-5H,1H3. The second-order valence-corrected chi connectivity index (χ2v) is 5.13. The van der Waals surface area contributed by atoms with E-state index in [0.29, 0.717) is 0 Å². The highest BCUT2D eigenvalue weighted by molar-refractivity contribution is 6.31. The molecule has 0 atom stereocenters. The van der Waals surface area contributed by atoms with E-state index in [1.165, 1.54) is 25.7 Å². The fraction of sp³-hybridized carbons (Fsp3) is 0.294. The molecular formula is C17H19Cl. The highest BCUT2D eigenvalue weighted by atomic mass is 35.5. The summed E-state index contributed by atoms with van der Waals surface area (Å²) in [4.78, 5) is 0. The third-order valence-electron chi connectivity index (χ3n) is 3.34. The van der Waals surface area contributed by atoms with Crippen LogP contribution in [-0.4, -0.2) is 0 Å². The number of hydrogen-bond donors (Lipinski definition) is 0. The topological polar surface area (TPSA) is 0 Å². The van der Waals surface area contributed by atoms with Gasteiger partial charge in [-0.15, -0.1) is 0 Å². The normalized spacial score (nSPS) is 13.2. The lowest BCUT2D eigenvalue weighted by atomic mass is 9.92. The summed E-state index contributed by atoms with van der Waals surface area (Å²) in [6, 6.07) is 16.6. The van der Waals surface area contributed by atoms with Gasteiger partial charge in [-0.2, -0.15) is 0 Å². The molecule has 0 nitrogen and oxygen atoms in total. The van der Waals surface area contributed by atoms with Crippen molar-refractivity contribution in [1.82, 2.24) is 0 Å². The molecule has 0 aliphatic heterocycles. The summed E-state index contributed by atoms with van der Waals surface area (Å²) >= 11 is 5.71. The summed E-state index contributed by atoms with van der Waals surface area (Å²) in [6.07, 6.45) is 5.38. The zero-order valence-electron chi connectivity index (χ0n) is 10.8. The van der Waals surface area contributed by atoms with Crippen LogP contribution in [0.5, 0.6) is 0 Å². The lowest BCUT2D eigenvalue weighted by Gasteiger charge is -2.13. The van der Waals surface area contributed by atoms with Crippen molar-refractivity contribution in [2.45, 2.75) is 32.6 Å². The monoisotopic (exact) mass is 258 g/mol. The molecule has 1 heteroatoms. The molecule has 0 amide bonds. The van der Waals surface area contributed by atoms with E-state index in [2.05, 4.69) is 24.3 Å².